The van der Waals surface area contributed by atoms with Crippen LogP contribution in [0.25, 0.3) is 16.8 Å². The third kappa shape index (κ3) is 4.16. The lowest BCUT2D eigenvalue weighted by Gasteiger charge is -2.24. The van der Waals surface area contributed by atoms with Gasteiger partial charge in [0.1, 0.15) is 6.33 Å². The number of hydrogen-bond donors (Lipinski definition) is 0. The van der Waals surface area contributed by atoms with Crippen molar-refractivity contribution in [3.63, 3.8) is 0 Å². The summed E-state index contributed by atoms with van der Waals surface area (Å²) in [5.41, 5.74) is 5.30. The van der Waals surface area contributed by atoms with Crippen LogP contribution >= 0.6 is 11.6 Å². The summed E-state index contributed by atoms with van der Waals surface area (Å²) < 4.78 is 1.89. The summed E-state index contributed by atoms with van der Waals surface area (Å²) in [4.78, 5) is 9.14. The van der Waals surface area contributed by atoms with Crippen molar-refractivity contribution in [3.05, 3.63) is 53.2 Å². The zero-order valence-electron chi connectivity index (χ0n) is 17.2. The van der Waals surface area contributed by atoms with Crippen LogP contribution in [-0.4, -0.2) is 14.4 Å². The van der Waals surface area contributed by atoms with Crippen LogP contribution in [0.4, 0.5) is 0 Å². The minimum absolute atomic E-state index is 0.421. The zero-order chi connectivity index (χ0) is 20.4. The molecule has 2 aromatic heterocycles. The number of nitriles is 1. The predicted octanol–water partition coefficient (Wildman–Crippen LogP) is 6.78. The van der Waals surface area contributed by atoms with E-state index < -0.39 is 0 Å². The minimum Gasteiger partial charge on any atom is -0.273 e. The number of fused-ring (bicyclic) bond motifs is 1. The molecule has 0 saturated heterocycles. The lowest BCUT2D eigenvalue weighted by atomic mass is 9.82. The van der Waals surface area contributed by atoms with Crippen molar-refractivity contribution in [3.8, 4) is 17.3 Å². The maximum Gasteiger partial charge on any atom is 0.209 e. The monoisotopic (exact) mass is 406 g/mol. The van der Waals surface area contributed by atoms with Gasteiger partial charge in [-0.3, -0.25) is 4.40 Å². The second-order valence-corrected chi connectivity index (χ2v) is 9.32. The lowest BCUT2D eigenvalue weighted by Crippen LogP contribution is -2.10. The van der Waals surface area contributed by atoms with Crippen molar-refractivity contribution >= 4 is 17.1 Å². The summed E-state index contributed by atoms with van der Waals surface area (Å²) in [7, 11) is 0. The molecule has 2 heterocycles. The summed E-state index contributed by atoms with van der Waals surface area (Å²) in [5, 5.41) is 9.56. The maximum atomic E-state index is 9.14. The van der Waals surface area contributed by atoms with E-state index in [2.05, 4.69) is 24.9 Å². The Hall–Kier alpha value is -2.38. The summed E-state index contributed by atoms with van der Waals surface area (Å²) >= 11 is 6.50. The Bertz CT molecular complexity index is 1040. The van der Waals surface area contributed by atoms with Crippen molar-refractivity contribution < 1.29 is 0 Å². The lowest BCUT2D eigenvalue weighted by molar-refractivity contribution is 0.293. The fraction of sp³-hybridized carbons (Fsp3) is 0.458. The van der Waals surface area contributed by atoms with E-state index in [4.69, 9.17) is 21.8 Å². The molecule has 1 saturated carbocycles. The Morgan fingerprint density at radius 1 is 1.10 bits per heavy atom. The Morgan fingerprint density at radius 2 is 1.83 bits per heavy atom. The van der Waals surface area contributed by atoms with Gasteiger partial charge in [0.05, 0.1) is 29.0 Å². The molecule has 0 N–H and O–H groups in total. The van der Waals surface area contributed by atoms with E-state index in [1.165, 1.54) is 37.7 Å². The average Bonchev–Trinajstić information content (AvgIpc) is 3.22. The first-order chi connectivity index (χ1) is 14.0. The van der Waals surface area contributed by atoms with Crippen LogP contribution in [0.15, 0.2) is 36.8 Å². The van der Waals surface area contributed by atoms with Gasteiger partial charge < -0.3 is 0 Å². The van der Waals surface area contributed by atoms with Gasteiger partial charge in [0.2, 0.25) is 5.28 Å². The zero-order valence-corrected chi connectivity index (χ0v) is 17.9. The molecule has 1 fully saturated rings. The number of aromatic nitrogens is 3. The fourth-order valence-electron chi connectivity index (χ4n) is 4.67. The van der Waals surface area contributed by atoms with E-state index in [0.717, 1.165) is 29.6 Å². The number of hydrogen-bond acceptors (Lipinski definition) is 3. The number of rotatable bonds is 2. The van der Waals surface area contributed by atoms with Crippen LogP contribution in [0, 0.1) is 16.7 Å². The van der Waals surface area contributed by atoms with Crippen LogP contribution in [-0.2, 0) is 0 Å². The summed E-state index contributed by atoms with van der Waals surface area (Å²) in [6.07, 6.45) is 12.2. The van der Waals surface area contributed by atoms with E-state index in [9.17, 15) is 0 Å². The van der Waals surface area contributed by atoms with Crippen molar-refractivity contribution in [1.82, 2.24) is 14.4 Å². The standard InChI is InChI=1S/C24H27ClN4/c1-24(2)12-4-3-6-18(7-5-13-24)21-20-15-27-16-29(20)23(25)28-22(21)19-10-8-17(14-26)9-11-19/h8-11,15-16,18H,3-7,12-13H2,1-2H3. The fourth-order valence-corrected chi connectivity index (χ4v) is 4.89. The molecule has 1 aliphatic rings. The second kappa shape index (κ2) is 8.16. The van der Waals surface area contributed by atoms with Gasteiger partial charge in [0.25, 0.3) is 0 Å². The highest BCUT2D eigenvalue weighted by Gasteiger charge is 2.26. The van der Waals surface area contributed by atoms with Crippen LogP contribution < -0.4 is 0 Å². The first kappa shape index (κ1) is 19.9. The quantitative estimate of drug-likeness (QED) is 0.441. The molecule has 3 aromatic rings. The number of nitrogens with zero attached hydrogens (tertiary/aromatic N) is 4. The maximum absolute atomic E-state index is 9.14. The van der Waals surface area contributed by atoms with E-state index in [1.807, 2.05) is 34.9 Å². The molecule has 4 nitrogen and oxygen atoms in total. The summed E-state index contributed by atoms with van der Waals surface area (Å²) in [6, 6.07) is 9.84. The molecule has 1 aliphatic carbocycles. The molecule has 0 aliphatic heterocycles. The molecule has 0 spiro atoms. The number of imidazole rings is 1. The first-order valence-electron chi connectivity index (χ1n) is 10.5. The molecule has 0 bridgehead atoms. The van der Waals surface area contributed by atoms with E-state index in [-0.39, 0.29) is 0 Å². The van der Waals surface area contributed by atoms with Gasteiger partial charge >= 0.3 is 0 Å². The normalized spacial score (nSPS) is 19.9. The Morgan fingerprint density at radius 3 is 2.59 bits per heavy atom. The molecule has 1 atom stereocenters. The highest BCUT2D eigenvalue weighted by molar-refractivity contribution is 6.28. The van der Waals surface area contributed by atoms with E-state index in [1.54, 1.807) is 6.33 Å². The predicted molar refractivity (Wildman–Crippen MR) is 117 cm³/mol. The van der Waals surface area contributed by atoms with Crippen molar-refractivity contribution in [2.24, 2.45) is 5.41 Å². The molecule has 0 amide bonds. The highest BCUT2D eigenvalue weighted by atomic mass is 35.5. The second-order valence-electron chi connectivity index (χ2n) is 8.98. The third-order valence-electron chi connectivity index (χ3n) is 6.33. The van der Waals surface area contributed by atoms with Crippen LogP contribution in [0.5, 0.6) is 0 Å². The van der Waals surface area contributed by atoms with Gasteiger partial charge in [-0.15, -0.1) is 0 Å². The Labute approximate surface area is 177 Å². The molecule has 150 valence electrons. The molecule has 5 heteroatoms. The largest absolute Gasteiger partial charge is 0.273 e. The molecule has 1 unspecified atom stereocenters. The van der Waals surface area contributed by atoms with Gasteiger partial charge in [0, 0.05) is 11.1 Å². The van der Waals surface area contributed by atoms with Gasteiger partial charge in [-0.25, -0.2) is 9.97 Å². The number of halogens is 1. The van der Waals surface area contributed by atoms with E-state index >= 15 is 0 Å². The topological polar surface area (TPSA) is 54.0 Å². The smallest absolute Gasteiger partial charge is 0.209 e. The van der Waals surface area contributed by atoms with Crippen molar-refractivity contribution in [2.45, 2.75) is 64.7 Å². The first-order valence-corrected chi connectivity index (χ1v) is 10.9. The van der Waals surface area contributed by atoms with Crippen LogP contribution in [0.2, 0.25) is 5.28 Å². The SMILES string of the molecule is CC1(C)CCCCC(c2c(-c3ccc(C#N)cc3)nc(Cl)n3cncc23)CCC1. The number of benzene rings is 1. The molecule has 4 rings (SSSR count). The molecular weight excluding hydrogens is 380 g/mol. The highest BCUT2D eigenvalue weighted by Crippen LogP contribution is 2.41. The van der Waals surface area contributed by atoms with Gasteiger partial charge in [-0.2, -0.15) is 5.26 Å². The van der Waals surface area contributed by atoms with Crippen LogP contribution in [0.1, 0.15) is 75.8 Å². The molecule has 1 aromatic carbocycles. The van der Waals surface area contributed by atoms with Gasteiger partial charge in [0.15, 0.2) is 0 Å². The van der Waals surface area contributed by atoms with Gasteiger partial charge in [-0.05, 0) is 60.7 Å². The van der Waals surface area contributed by atoms with E-state index in [0.29, 0.717) is 22.2 Å². The summed E-state index contributed by atoms with van der Waals surface area (Å²) in [6.45, 7) is 4.79. The molecule has 29 heavy (non-hydrogen) atoms. The van der Waals surface area contributed by atoms with Gasteiger partial charge in [-0.1, -0.05) is 45.2 Å². The minimum atomic E-state index is 0.421. The third-order valence-corrected chi connectivity index (χ3v) is 6.60. The Balaban J connectivity index is 1.82. The van der Waals surface area contributed by atoms with Crippen molar-refractivity contribution in [2.75, 3.05) is 0 Å². The molecular formula is C24H27ClN4. The van der Waals surface area contributed by atoms with Crippen LogP contribution in [0.3, 0.4) is 0 Å². The summed E-state index contributed by atoms with van der Waals surface area (Å²) in [5.74, 6) is 0.429. The average molecular weight is 407 g/mol. The Kier molecular flexibility index (Phi) is 5.61. The van der Waals surface area contributed by atoms with Crippen molar-refractivity contribution in [1.29, 1.82) is 5.26 Å². The molecule has 0 radical (unpaired) electrons.